The first-order chi connectivity index (χ1) is 11.4. The van der Waals surface area contributed by atoms with Crippen LogP contribution in [-0.2, 0) is 13.9 Å². The lowest BCUT2D eigenvalue weighted by Gasteiger charge is -2.32. The largest absolute Gasteiger partial charge is 0.414 e. The minimum atomic E-state index is -1.69. The van der Waals surface area contributed by atoms with Crippen LogP contribution in [0.5, 0.6) is 0 Å². The molecule has 0 radical (unpaired) electrons. The Balaban J connectivity index is 2.15. The van der Waals surface area contributed by atoms with Crippen molar-refractivity contribution in [3.8, 4) is 0 Å². The van der Waals surface area contributed by atoms with E-state index in [9.17, 15) is 14.5 Å². The van der Waals surface area contributed by atoms with Gasteiger partial charge in [-0.3, -0.25) is 4.57 Å². The van der Waals surface area contributed by atoms with Crippen molar-refractivity contribution >= 4 is 37.3 Å². The molecular weight excluding hydrogens is 345 g/mol. The van der Waals surface area contributed by atoms with Crippen LogP contribution in [0.25, 0.3) is 10.9 Å². The standard InChI is InChI=1S/C17H22NO4PS/c1-11(2)13(17(3,20)16(19)22-23-21)10-24-15-9-8-12-6-4-5-7-14(12)18-15/h4-9,11,13,20H,10,23H2,1-3H3. The second kappa shape index (κ2) is 8.15. The Bertz CT molecular complexity index is 735. The smallest absolute Gasteiger partial charge is 0.342 e. The summed E-state index contributed by atoms with van der Waals surface area (Å²) in [4.78, 5) is 16.5. The molecule has 5 nitrogen and oxygen atoms in total. The Kier molecular flexibility index (Phi) is 6.44. The predicted octanol–water partition coefficient (Wildman–Crippen LogP) is 3.56. The van der Waals surface area contributed by atoms with Gasteiger partial charge >= 0.3 is 5.97 Å². The molecule has 3 atom stereocenters. The number of para-hydroxylation sites is 1. The van der Waals surface area contributed by atoms with Gasteiger partial charge in [0.1, 0.15) is 0 Å². The fourth-order valence-electron chi connectivity index (χ4n) is 2.62. The number of aromatic nitrogens is 1. The molecule has 0 aliphatic carbocycles. The third-order valence-corrected chi connectivity index (χ3v) is 5.44. The molecule has 3 unspecified atom stereocenters. The van der Waals surface area contributed by atoms with Crippen LogP contribution in [0.15, 0.2) is 41.4 Å². The summed E-state index contributed by atoms with van der Waals surface area (Å²) < 4.78 is 15.2. The molecule has 0 aliphatic rings. The molecule has 0 saturated heterocycles. The maximum absolute atomic E-state index is 11.9. The maximum Gasteiger partial charge on any atom is 0.342 e. The molecule has 0 aliphatic heterocycles. The van der Waals surface area contributed by atoms with Gasteiger partial charge in [-0.2, -0.15) is 0 Å². The van der Waals surface area contributed by atoms with Crippen molar-refractivity contribution in [3.05, 3.63) is 36.4 Å². The summed E-state index contributed by atoms with van der Waals surface area (Å²) in [5.41, 5.74) is -0.778. The number of carbonyl (C=O) groups is 1. The number of carbonyl (C=O) groups excluding carboxylic acids is 1. The van der Waals surface area contributed by atoms with E-state index < -0.39 is 20.3 Å². The van der Waals surface area contributed by atoms with E-state index in [1.54, 1.807) is 0 Å². The number of fused-ring (bicyclic) bond motifs is 1. The molecule has 2 rings (SSSR count). The first kappa shape index (κ1) is 19.0. The Hall–Kier alpha value is -1.36. The zero-order valence-electron chi connectivity index (χ0n) is 13.9. The number of pyridine rings is 1. The lowest BCUT2D eigenvalue weighted by atomic mass is 9.82. The number of rotatable bonds is 7. The molecule has 7 heteroatoms. The van der Waals surface area contributed by atoms with Gasteiger partial charge < -0.3 is 9.63 Å². The molecular formula is C17H22NO4PS. The number of hydrogen-bond acceptors (Lipinski definition) is 6. The number of benzene rings is 1. The van der Waals surface area contributed by atoms with Crippen molar-refractivity contribution in [2.45, 2.75) is 31.4 Å². The molecule has 0 spiro atoms. The highest BCUT2D eigenvalue weighted by Crippen LogP contribution is 2.33. The van der Waals surface area contributed by atoms with Crippen molar-refractivity contribution in [2.24, 2.45) is 11.8 Å². The van der Waals surface area contributed by atoms with E-state index in [2.05, 4.69) is 9.51 Å². The molecule has 0 fully saturated rings. The SMILES string of the molecule is CC(C)C(CSc1ccc2ccccc2n1)C(C)(O)C(=O)O[PH2]=O. The van der Waals surface area contributed by atoms with E-state index in [1.165, 1.54) is 18.7 Å². The number of nitrogens with zero attached hydrogens (tertiary/aromatic N) is 1. The molecule has 1 aromatic carbocycles. The van der Waals surface area contributed by atoms with Crippen molar-refractivity contribution in [1.29, 1.82) is 0 Å². The average molecular weight is 367 g/mol. The molecule has 1 N–H and O–H groups in total. The predicted molar refractivity (Wildman–Crippen MR) is 97.9 cm³/mol. The zero-order valence-corrected chi connectivity index (χ0v) is 15.9. The molecule has 1 heterocycles. The van der Waals surface area contributed by atoms with Gasteiger partial charge in [-0.15, -0.1) is 11.8 Å². The summed E-state index contributed by atoms with van der Waals surface area (Å²) in [6.45, 7) is 5.29. The van der Waals surface area contributed by atoms with Crippen LogP contribution in [0.2, 0.25) is 0 Å². The molecule has 24 heavy (non-hydrogen) atoms. The number of hydrogen-bond donors (Lipinski definition) is 1. The Morgan fingerprint density at radius 3 is 2.71 bits per heavy atom. The van der Waals surface area contributed by atoms with E-state index >= 15 is 0 Å². The topological polar surface area (TPSA) is 76.5 Å². The normalized spacial score (nSPS) is 15.7. The Morgan fingerprint density at radius 2 is 2.04 bits per heavy atom. The first-order valence-electron chi connectivity index (χ1n) is 7.72. The van der Waals surface area contributed by atoms with Gasteiger partial charge in [0, 0.05) is 17.1 Å². The van der Waals surface area contributed by atoms with E-state index in [0.717, 1.165) is 15.9 Å². The van der Waals surface area contributed by atoms with Gasteiger partial charge in [-0.1, -0.05) is 38.1 Å². The molecule has 0 amide bonds. The zero-order chi connectivity index (χ0) is 17.7. The Labute approximate surface area is 147 Å². The summed E-state index contributed by atoms with van der Waals surface area (Å²) in [6, 6.07) is 11.8. The summed E-state index contributed by atoms with van der Waals surface area (Å²) >= 11 is 1.48. The lowest BCUT2D eigenvalue weighted by Crippen LogP contribution is -2.46. The number of aliphatic hydroxyl groups is 1. The molecule has 2 aromatic rings. The molecule has 0 bridgehead atoms. The summed E-state index contributed by atoms with van der Waals surface area (Å²) in [7, 11) is -1.68. The second-order valence-electron chi connectivity index (χ2n) is 6.15. The van der Waals surface area contributed by atoms with Crippen LogP contribution in [0.3, 0.4) is 0 Å². The fraction of sp³-hybridized carbons (Fsp3) is 0.412. The van der Waals surface area contributed by atoms with E-state index in [4.69, 9.17) is 0 Å². The highest BCUT2D eigenvalue weighted by atomic mass is 32.2. The van der Waals surface area contributed by atoms with E-state index in [-0.39, 0.29) is 11.8 Å². The van der Waals surface area contributed by atoms with Gasteiger partial charge in [0.2, 0.25) is 8.69 Å². The van der Waals surface area contributed by atoms with Crippen molar-refractivity contribution in [1.82, 2.24) is 4.98 Å². The first-order valence-corrected chi connectivity index (χ1v) is 9.64. The summed E-state index contributed by atoms with van der Waals surface area (Å²) in [5, 5.41) is 12.5. The summed E-state index contributed by atoms with van der Waals surface area (Å²) in [6.07, 6.45) is 0. The fourth-order valence-corrected chi connectivity index (χ4v) is 4.33. The monoisotopic (exact) mass is 367 g/mol. The van der Waals surface area contributed by atoms with Gasteiger partial charge in [0.15, 0.2) is 5.60 Å². The van der Waals surface area contributed by atoms with Gasteiger partial charge in [0.05, 0.1) is 10.5 Å². The van der Waals surface area contributed by atoms with Gasteiger partial charge in [0.25, 0.3) is 0 Å². The van der Waals surface area contributed by atoms with Crippen LogP contribution in [0.1, 0.15) is 20.8 Å². The summed E-state index contributed by atoms with van der Waals surface area (Å²) in [5.74, 6) is -0.645. The molecule has 130 valence electrons. The van der Waals surface area contributed by atoms with Gasteiger partial charge in [-0.25, -0.2) is 9.78 Å². The highest BCUT2D eigenvalue weighted by Gasteiger charge is 2.42. The molecule has 1 aromatic heterocycles. The van der Waals surface area contributed by atoms with Crippen LogP contribution >= 0.6 is 20.4 Å². The highest BCUT2D eigenvalue weighted by molar-refractivity contribution is 7.99. The quantitative estimate of drug-likeness (QED) is 0.596. The average Bonchev–Trinajstić information content (AvgIpc) is 2.54. The molecule has 0 saturated carbocycles. The van der Waals surface area contributed by atoms with Crippen molar-refractivity contribution in [2.75, 3.05) is 5.75 Å². The van der Waals surface area contributed by atoms with Crippen molar-refractivity contribution in [3.63, 3.8) is 0 Å². The number of thioether (sulfide) groups is 1. The van der Waals surface area contributed by atoms with E-state index in [1.807, 2.05) is 50.2 Å². The minimum absolute atomic E-state index is 0.0437. The lowest BCUT2D eigenvalue weighted by molar-refractivity contribution is -0.159. The second-order valence-corrected chi connectivity index (χ2v) is 7.62. The Morgan fingerprint density at radius 1 is 1.33 bits per heavy atom. The van der Waals surface area contributed by atoms with Crippen LogP contribution in [-0.4, -0.2) is 27.4 Å². The van der Waals surface area contributed by atoms with Crippen LogP contribution in [0, 0.1) is 11.8 Å². The third-order valence-electron chi connectivity index (χ3n) is 4.08. The van der Waals surface area contributed by atoms with Crippen molar-refractivity contribution < 1.29 is 19.0 Å². The third kappa shape index (κ3) is 4.38. The van der Waals surface area contributed by atoms with Crippen LogP contribution in [0.4, 0.5) is 0 Å². The van der Waals surface area contributed by atoms with Crippen LogP contribution < -0.4 is 0 Å². The maximum atomic E-state index is 11.9. The minimum Gasteiger partial charge on any atom is -0.414 e. The van der Waals surface area contributed by atoms with Gasteiger partial charge in [-0.05, 0) is 25.0 Å². The van der Waals surface area contributed by atoms with E-state index in [0.29, 0.717) is 5.75 Å².